The molecular formula is C27H34O16. The van der Waals surface area contributed by atoms with Crippen LogP contribution in [-0.4, -0.2) is 139 Å². The molecule has 1 aromatic carbocycles. The molecule has 11 atom stereocenters. The standard InChI is InChI=1S/C27H34O16/c1-10-4-12(29)17-13(30)5-14-11(24(17)41-10)2-3-27(37,8-39-14)9-40-26-23(36)21(34)19(32)16(43-26)7-38-25-22(35)20(33)18(31)15(6-28)42-25/h2-5,15-16,18-23,25-26,28,30-37H,6-9H2,1H3/t15-,16-,18-,19-,20+,21+,22-,23-,25-,26-,27+/m1/s1. The molecule has 1 aromatic heterocycles. The fourth-order valence-electron chi connectivity index (χ4n) is 5.10. The number of aromatic hydroxyl groups is 1. The van der Waals surface area contributed by atoms with Crippen LogP contribution in [0.2, 0.25) is 0 Å². The van der Waals surface area contributed by atoms with Crippen LogP contribution in [0, 0.1) is 6.92 Å². The van der Waals surface area contributed by atoms with Crippen molar-refractivity contribution in [3.63, 3.8) is 0 Å². The lowest BCUT2D eigenvalue weighted by atomic mass is 9.98. The largest absolute Gasteiger partial charge is 0.507 e. The number of phenolic OH excluding ortho intramolecular Hbond substituents is 1. The third-order valence-electron chi connectivity index (χ3n) is 7.58. The van der Waals surface area contributed by atoms with Crippen molar-refractivity contribution in [1.29, 1.82) is 0 Å². The Morgan fingerprint density at radius 3 is 2.21 bits per heavy atom. The highest BCUT2D eigenvalue weighted by Gasteiger charge is 2.48. The average Bonchev–Trinajstić information content (AvgIpc) is 3.13. The molecule has 16 heteroatoms. The molecule has 0 spiro atoms. The van der Waals surface area contributed by atoms with Gasteiger partial charge in [-0.2, -0.15) is 0 Å². The Labute approximate surface area is 243 Å². The predicted octanol–water partition coefficient (Wildman–Crippen LogP) is -3.42. The minimum absolute atomic E-state index is 0.0480. The Morgan fingerprint density at radius 2 is 1.53 bits per heavy atom. The topological polar surface area (TPSA) is 258 Å². The maximum Gasteiger partial charge on any atom is 0.196 e. The molecule has 0 saturated carbocycles. The van der Waals surface area contributed by atoms with Crippen molar-refractivity contribution in [1.82, 2.24) is 0 Å². The van der Waals surface area contributed by atoms with Crippen LogP contribution in [-0.2, 0) is 18.9 Å². The van der Waals surface area contributed by atoms with Gasteiger partial charge in [-0.15, -0.1) is 0 Å². The summed E-state index contributed by atoms with van der Waals surface area (Å²) in [5.74, 6) is 0.0282. The molecule has 43 heavy (non-hydrogen) atoms. The second-order valence-electron chi connectivity index (χ2n) is 10.8. The van der Waals surface area contributed by atoms with E-state index >= 15 is 0 Å². The number of rotatable bonds is 7. The Morgan fingerprint density at radius 1 is 0.907 bits per heavy atom. The molecule has 5 rings (SSSR count). The third kappa shape index (κ3) is 6.15. The number of aliphatic hydroxyl groups excluding tert-OH is 7. The fourth-order valence-corrected chi connectivity index (χ4v) is 5.10. The smallest absolute Gasteiger partial charge is 0.196 e. The van der Waals surface area contributed by atoms with E-state index in [-0.39, 0.29) is 33.8 Å². The van der Waals surface area contributed by atoms with Crippen molar-refractivity contribution < 1.29 is 74.1 Å². The van der Waals surface area contributed by atoms with Gasteiger partial charge in [0.15, 0.2) is 23.6 Å². The van der Waals surface area contributed by atoms with Gasteiger partial charge in [-0.1, -0.05) is 0 Å². The van der Waals surface area contributed by atoms with E-state index in [9.17, 15) is 50.8 Å². The van der Waals surface area contributed by atoms with Crippen LogP contribution in [0.1, 0.15) is 11.3 Å². The Bertz CT molecular complexity index is 1390. The number of benzene rings is 1. The van der Waals surface area contributed by atoms with Crippen LogP contribution in [0.15, 0.2) is 27.4 Å². The molecule has 2 aromatic rings. The lowest BCUT2D eigenvalue weighted by molar-refractivity contribution is -0.333. The second kappa shape index (κ2) is 12.4. The van der Waals surface area contributed by atoms with Gasteiger partial charge in [0.2, 0.25) is 0 Å². The summed E-state index contributed by atoms with van der Waals surface area (Å²) in [6.07, 6.45) is -13.3. The van der Waals surface area contributed by atoms with E-state index < -0.39 is 98.9 Å². The fraction of sp³-hybridized carbons (Fsp3) is 0.593. The van der Waals surface area contributed by atoms with Crippen LogP contribution in [0.5, 0.6) is 11.5 Å². The van der Waals surface area contributed by atoms with Gasteiger partial charge in [-0.05, 0) is 19.1 Å². The Kier molecular flexibility index (Phi) is 9.11. The molecule has 0 amide bonds. The maximum atomic E-state index is 12.4. The lowest BCUT2D eigenvalue weighted by Crippen LogP contribution is -2.62. The third-order valence-corrected chi connectivity index (χ3v) is 7.58. The number of ether oxygens (including phenoxy) is 5. The van der Waals surface area contributed by atoms with Gasteiger partial charge in [0, 0.05) is 12.1 Å². The normalized spacial score (nSPS) is 38.0. The summed E-state index contributed by atoms with van der Waals surface area (Å²) < 4.78 is 33.1. The van der Waals surface area contributed by atoms with E-state index in [1.807, 2.05) is 0 Å². The van der Waals surface area contributed by atoms with Gasteiger partial charge in [0.25, 0.3) is 0 Å². The van der Waals surface area contributed by atoms with Crippen molar-refractivity contribution in [3.8, 4) is 11.5 Å². The molecular weight excluding hydrogens is 580 g/mol. The molecule has 0 bridgehead atoms. The molecule has 4 heterocycles. The first-order valence-corrected chi connectivity index (χ1v) is 13.4. The minimum Gasteiger partial charge on any atom is -0.507 e. The number of hydrogen-bond acceptors (Lipinski definition) is 16. The number of fused-ring (bicyclic) bond motifs is 3. The first-order valence-electron chi connectivity index (χ1n) is 13.4. The Hall–Kier alpha value is -2.71. The summed E-state index contributed by atoms with van der Waals surface area (Å²) in [5, 5.41) is 92.2. The Balaban J connectivity index is 1.27. The number of aliphatic hydroxyl groups is 8. The summed E-state index contributed by atoms with van der Waals surface area (Å²) in [6.45, 7) is -0.654. The number of hydrogen-bond donors (Lipinski definition) is 9. The van der Waals surface area contributed by atoms with Crippen LogP contribution in [0.3, 0.4) is 0 Å². The molecule has 2 fully saturated rings. The molecule has 3 aliphatic heterocycles. The SMILES string of the molecule is Cc1cc(=O)c2c(O)cc3c(c2o1)C=C[C@@](O)(CO[C@@H]1O[C@H](CO[C@@H]2O[C@H](CO)[C@@H](O)[C@H](O)[C@H]2O)[C@@H](O)[C@H](O)[C@H]1O)CO3. The van der Waals surface area contributed by atoms with Crippen molar-refractivity contribution in [3.05, 3.63) is 39.8 Å². The van der Waals surface area contributed by atoms with E-state index in [4.69, 9.17) is 28.1 Å². The van der Waals surface area contributed by atoms with Crippen molar-refractivity contribution in [2.24, 2.45) is 0 Å². The van der Waals surface area contributed by atoms with E-state index in [0.29, 0.717) is 0 Å². The highest BCUT2D eigenvalue weighted by molar-refractivity contribution is 5.93. The average molecular weight is 615 g/mol. The van der Waals surface area contributed by atoms with Gasteiger partial charge < -0.3 is 74.1 Å². The molecule has 0 unspecified atom stereocenters. The zero-order valence-electron chi connectivity index (χ0n) is 22.8. The monoisotopic (exact) mass is 614 g/mol. The van der Waals surface area contributed by atoms with E-state index in [2.05, 4.69) is 0 Å². The van der Waals surface area contributed by atoms with Crippen molar-refractivity contribution in [2.75, 3.05) is 26.4 Å². The number of aryl methyl sites for hydroxylation is 1. The van der Waals surface area contributed by atoms with Crippen LogP contribution in [0.25, 0.3) is 17.0 Å². The van der Waals surface area contributed by atoms with Gasteiger partial charge in [-0.25, -0.2) is 0 Å². The summed E-state index contributed by atoms with van der Waals surface area (Å²) in [6, 6.07) is 2.44. The second-order valence-corrected chi connectivity index (χ2v) is 10.8. The molecule has 0 aliphatic carbocycles. The highest BCUT2D eigenvalue weighted by atomic mass is 16.7. The highest BCUT2D eigenvalue weighted by Crippen LogP contribution is 2.37. The summed E-state index contributed by atoms with van der Waals surface area (Å²) in [4.78, 5) is 12.4. The van der Waals surface area contributed by atoms with Crippen LogP contribution >= 0.6 is 0 Å². The maximum absolute atomic E-state index is 12.4. The van der Waals surface area contributed by atoms with Crippen molar-refractivity contribution >= 4 is 17.0 Å². The summed E-state index contributed by atoms with van der Waals surface area (Å²) >= 11 is 0. The zero-order valence-corrected chi connectivity index (χ0v) is 22.8. The quantitative estimate of drug-likeness (QED) is 0.147. The molecule has 3 aliphatic rings. The predicted molar refractivity (Wildman–Crippen MR) is 141 cm³/mol. The van der Waals surface area contributed by atoms with Crippen molar-refractivity contribution in [2.45, 2.75) is 73.9 Å². The molecule has 16 nitrogen and oxygen atoms in total. The molecule has 9 N–H and O–H groups in total. The molecule has 238 valence electrons. The first-order chi connectivity index (χ1) is 20.3. The number of phenols is 1. The summed E-state index contributed by atoms with van der Waals surface area (Å²) in [7, 11) is 0. The van der Waals surface area contributed by atoms with E-state index in [1.54, 1.807) is 6.92 Å². The zero-order chi connectivity index (χ0) is 31.2. The van der Waals surface area contributed by atoms with Gasteiger partial charge in [-0.3, -0.25) is 4.79 Å². The molecule has 0 radical (unpaired) electrons. The van der Waals surface area contributed by atoms with E-state index in [1.165, 1.54) is 24.3 Å². The van der Waals surface area contributed by atoms with Crippen LogP contribution < -0.4 is 10.2 Å². The van der Waals surface area contributed by atoms with Gasteiger partial charge in [0.1, 0.15) is 83.7 Å². The molecule has 2 saturated heterocycles. The van der Waals surface area contributed by atoms with Crippen LogP contribution in [0.4, 0.5) is 0 Å². The van der Waals surface area contributed by atoms with Gasteiger partial charge in [0.05, 0.1) is 25.4 Å². The minimum atomic E-state index is -1.85. The summed E-state index contributed by atoms with van der Waals surface area (Å²) in [5.41, 5.74) is -1.99. The lowest BCUT2D eigenvalue weighted by Gasteiger charge is -2.43. The first kappa shape index (κ1) is 31.7. The van der Waals surface area contributed by atoms with Gasteiger partial charge >= 0.3 is 0 Å². The van der Waals surface area contributed by atoms with E-state index in [0.717, 1.165) is 0 Å².